The molecule has 1 fully saturated rings. The fourth-order valence-electron chi connectivity index (χ4n) is 2.65. The number of aryl methyl sites for hydroxylation is 1. The largest absolute Gasteiger partial charge is 0.381 e. The maximum atomic E-state index is 5.44. The molecule has 17 heavy (non-hydrogen) atoms. The van der Waals surface area contributed by atoms with Crippen molar-refractivity contribution in [1.29, 1.82) is 0 Å². The second-order valence-electron chi connectivity index (χ2n) is 6.28. The standard InChI is InChI=1S/C15H25NO/c1-12-5-6-14(15(2,3)4)16(12)11-13-7-9-17-10-8-13/h5-6,13H,7-11H2,1-4H3. The summed E-state index contributed by atoms with van der Waals surface area (Å²) >= 11 is 0. The van der Waals surface area contributed by atoms with Crippen LogP contribution < -0.4 is 0 Å². The van der Waals surface area contributed by atoms with Crippen molar-refractivity contribution < 1.29 is 4.74 Å². The molecule has 2 heteroatoms. The fraction of sp³-hybridized carbons (Fsp3) is 0.733. The molecule has 0 N–H and O–H groups in total. The third kappa shape index (κ3) is 2.92. The number of hydrogen-bond donors (Lipinski definition) is 0. The summed E-state index contributed by atoms with van der Waals surface area (Å²) in [6.07, 6.45) is 2.42. The Balaban J connectivity index is 2.16. The maximum absolute atomic E-state index is 5.44. The molecule has 1 saturated heterocycles. The highest BCUT2D eigenvalue weighted by Crippen LogP contribution is 2.27. The van der Waals surface area contributed by atoms with Gasteiger partial charge >= 0.3 is 0 Å². The lowest BCUT2D eigenvalue weighted by Crippen LogP contribution is -2.25. The topological polar surface area (TPSA) is 14.2 Å². The van der Waals surface area contributed by atoms with Crippen LogP contribution in [0.15, 0.2) is 12.1 Å². The Labute approximate surface area is 105 Å². The summed E-state index contributed by atoms with van der Waals surface area (Å²) in [6, 6.07) is 4.54. The van der Waals surface area contributed by atoms with Crippen LogP contribution in [0.5, 0.6) is 0 Å². The van der Waals surface area contributed by atoms with E-state index >= 15 is 0 Å². The first-order valence-corrected chi connectivity index (χ1v) is 6.73. The van der Waals surface area contributed by atoms with Gasteiger partial charge in [0.25, 0.3) is 0 Å². The summed E-state index contributed by atoms with van der Waals surface area (Å²) in [7, 11) is 0. The predicted octanol–water partition coefficient (Wildman–Crippen LogP) is 3.52. The summed E-state index contributed by atoms with van der Waals surface area (Å²) in [5.41, 5.74) is 3.09. The first-order valence-electron chi connectivity index (χ1n) is 6.73. The first-order chi connectivity index (χ1) is 7.98. The maximum Gasteiger partial charge on any atom is 0.0469 e. The smallest absolute Gasteiger partial charge is 0.0469 e. The van der Waals surface area contributed by atoms with Gasteiger partial charge in [0.15, 0.2) is 0 Å². The van der Waals surface area contributed by atoms with Gasteiger partial charge in [0.2, 0.25) is 0 Å². The molecule has 0 radical (unpaired) electrons. The SMILES string of the molecule is Cc1ccc(C(C)(C)C)n1CC1CCOCC1. The normalized spacial score (nSPS) is 18.6. The number of hydrogen-bond acceptors (Lipinski definition) is 1. The van der Waals surface area contributed by atoms with Gasteiger partial charge in [-0.15, -0.1) is 0 Å². The molecule has 2 heterocycles. The molecular formula is C15H25NO. The fourth-order valence-corrected chi connectivity index (χ4v) is 2.65. The van der Waals surface area contributed by atoms with E-state index in [0.717, 1.165) is 25.7 Å². The summed E-state index contributed by atoms with van der Waals surface area (Å²) in [5.74, 6) is 0.788. The first kappa shape index (κ1) is 12.7. The lowest BCUT2D eigenvalue weighted by atomic mass is 9.91. The van der Waals surface area contributed by atoms with Crippen molar-refractivity contribution in [3.05, 3.63) is 23.5 Å². The molecule has 0 saturated carbocycles. The number of ether oxygens (including phenoxy) is 1. The van der Waals surface area contributed by atoms with E-state index in [9.17, 15) is 0 Å². The minimum Gasteiger partial charge on any atom is -0.381 e. The summed E-state index contributed by atoms with van der Waals surface area (Å²) in [4.78, 5) is 0. The highest BCUT2D eigenvalue weighted by molar-refractivity contribution is 5.21. The highest BCUT2D eigenvalue weighted by atomic mass is 16.5. The summed E-state index contributed by atoms with van der Waals surface area (Å²) in [6.45, 7) is 12.1. The van der Waals surface area contributed by atoms with Gasteiger partial charge in [-0.1, -0.05) is 20.8 Å². The molecule has 1 aromatic rings. The van der Waals surface area contributed by atoms with Gasteiger partial charge in [0.1, 0.15) is 0 Å². The van der Waals surface area contributed by atoms with Crippen LogP contribution >= 0.6 is 0 Å². The van der Waals surface area contributed by atoms with E-state index in [1.54, 1.807) is 0 Å². The van der Waals surface area contributed by atoms with E-state index in [0.29, 0.717) is 0 Å². The van der Waals surface area contributed by atoms with Crippen molar-refractivity contribution in [3.63, 3.8) is 0 Å². The predicted molar refractivity (Wildman–Crippen MR) is 71.4 cm³/mol. The number of nitrogens with zero attached hydrogens (tertiary/aromatic N) is 1. The van der Waals surface area contributed by atoms with Crippen LogP contribution in [0.2, 0.25) is 0 Å². The van der Waals surface area contributed by atoms with E-state index < -0.39 is 0 Å². The van der Waals surface area contributed by atoms with Crippen LogP contribution in [-0.2, 0) is 16.7 Å². The Bertz CT molecular complexity index is 367. The number of rotatable bonds is 2. The van der Waals surface area contributed by atoms with Crippen LogP contribution in [-0.4, -0.2) is 17.8 Å². The van der Waals surface area contributed by atoms with Crippen molar-refractivity contribution in [2.24, 2.45) is 5.92 Å². The van der Waals surface area contributed by atoms with Gasteiger partial charge < -0.3 is 9.30 Å². The second-order valence-corrected chi connectivity index (χ2v) is 6.28. The zero-order chi connectivity index (χ0) is 12.5. The van der Waals surface area contributed by atoms with Gasteiger partial charge in [0, 0.05) is 36.6 Å². The van der Waals surface area contributed by atoms with Gasteiger partial charge in [-0.3, -0.25) is 0 Å². The third-order valence-electron chi connectivity index (χ3n) is 3.75. The Morgan fingerprint density at radius 3 is 2.47 bits per heavy atom. The molecule has 96 valence electrons. The third-order valence-corrected chi connectivity index (χ3v) is 3.75. The zero-order valence-electron chi connectivity index (χ0n) is 11.6. The van der Waals surface area contributed by atoms with Crippen molar-refractivity contribution in [2.75, 3.05) is 13.2 Å². The summed E-state index contributed by atoms with van der Waals surface area (Å²) < 4.78 is 7.95. The minimum atomic E-state index is 0.236. The van der Waals surface area contributed by atoms with E-state index in [-0.39, 0.29) is 5.41 Å². The molecule has 0 atom stereocenters. The van der Waals surface area contributed by atoms with Crippen LogP contribution in [0.1, 0.15) is 45.0 Å². The van der Waals surface area contributed by atoms with Crippen molar-refractivity contribution in [1.82, 2.24) is 4.57 Å². The Morgan fingerprint density at radius 1 is 1.24 bits per heavy atom. The molecule has 1 aromatic heterocycles. The Kier molecular flexibility index (Phi) is 3.62. The Morgan fingerprint density at radius 2 is 1.88 bits per heavy atom. The molecule has 0 spiro atoms. The molecule has 0 aliphatic carbocycles. The van der Waals surface area contributed by atoms with E-state index in [4.69, 9.17) is 4.74 Å². The highest BCUT2D eigenvalue weighted by Gasteiger charge is 2.22. The molecule has 0 bridgehead atoms. The van der Waals surface area contributed by atoms with E-state index in [1.165, 1.54) is 24.2 Å². The Hall–Kier alpha value is -0.760. The van der Waals surface area contributed by atoms with Gasteiger partial charge in [-0.25, -0.2) is 0 Å². The van der Waals surface area contributed by atoms with Crippen molar-refractivity contribution in [3.8, 4) is 0 Å². The molecule has 1 aliphatic rings. The van der Waals surface area contributed by atoms with Gasteiger partial charge in [-0.2, -0.15) is 0 Å². The molecule has 0 amide bonds. The van der Waals surface area contributed by atoms with Crippen LogP contribution in [0.4, 0.5) is 0 Å². The van der Waals surface area contributed by atoms with Crippen molar-refractivity contribution >= 4 is 0 Å². The molecule has 0 aromatic carbocycles. The van der Waals surface area contributed by atoms with Gasteiger partial charge in [-0.05, 0) is 37.8 Å². The van der Waals surface area contributed by atoms with Gasteiger partial charge in [0.05, 0.1) is 0 Å². The second kappa shape index (κ2) is 4.85. The zero-order valence-corrected chi connectivity index (χ0v) is 11.6. The molecule has 2 rings (SSSR count). The monoisotopic (exact) mass is 235 g/mol. The molecule has 2 nitrogen and oxygen atoms in total. The quantitative estimate of drug-likeness (QED) is 0.765. The molecule has 0 unspecified atom stereocenters. The molecule has 1 aliphatic heterocycles. The van der Waals surface area contributed by atoms with Crippen LogP contribution in [0.25, 0.3) is 0 Å². The van der Waals surface area contributed by atoms with E-state index in [2.05, 4.69) is 44.4 Å². The number of aromatic nitrogens is 1. The lowest BCUT2D eigenvalue weighted by molar-refractivity contribution is 0.0607. The average molecular weight is 235 g/mol. The summed E-state index contributed by atoms with van der Waals surface area (Å²) in [5, 5.41) is 0. The lowest BCUT2D eigenvalue weighted by Gasteiger charge is -2.28. The molecular weight excluding hydrogens is 210 g/mol. The van der Waals surface area contributed by atoms with E-state index in [1.807, 2.05) is 0 Å². The average Bonchev–Trinajstić information content (AvgIpc) is 2.62. The van der Waals surface area contributed by atoms with Crippen LogP contribution in [0.3, 0.4) is 0 Å². The van der Waals surface area contributed by atoms with Crippen LogP contribution in [0, 0.1) is 12.8 Å². The minimum absolute atomic E-state index is 0.236. The van der Waals surface area contributed by atoms with Crippen molar-refractivity contribution in [2.45, 2.75) is 52.5 Å².